The van der Waals surface area contributed by atoms with Gasteiger partial charge in [0.1, 0.15) is 0 Å². The van der Waals surface area contributed by atoms with Crippen molar-refractivity contribution >= 4 is 14.1 Å². The molecule has 0 bridgehead atoms. The Morgan fingerprint density at radius 1 is 1.50 bits per heavy atom. The topological polar surface area (TPSA) is 9.23 Å². The Bertz CT molecular complexity index is 89.3. The van der Waals surface area contributed by atoms with Crippen LogP contribution in [0.5, 0.6) is 0 Å². The van der Waals surface area contributed by atoms with Crippen molar-refractivity contribution in [3.8, 4) is 0 Å². The summed E-state index contributed by atoms with van der Waals surface area (Å²) in [7, 11) is 0. The Morgan fingerprint density at radius 2 is 2.30 bits per heavy atom. The van der Waals surface area contributed by atoms with Crippen molar-refractivity contribution in [1.82, 2.24) is 0 Å². The number of hydrogen-bond donors (Lipinski definition) is 0. The molecule has 0 saturated carbocycles. The van der Waals surface area contributed by atoms with Crippen LogP contribution in [0.25, 0.3) is 0 Å². The molecule has 1 unspecified atom stereocenters. The molecule has 1 rings (SSSR count). The molecule has 58 valence electrons. The number of rotatable bonds is 2. The Hall–Kier alpha value is 0.492. The second-order valence-corrected chi connectivity index (χ2v) is 6.81. The fourth-order valence-electron chi connectivity index (χ4n) is 1.48. The lowest BCUT2D eigenvalue weighted by molar-refractivity contribution is 0.0627. The first kappa shape index (κ1) is 8.59. The highest BCUT2D eigenvalue weighted by molar-refractivity contribution is 6.58. The molecule has 1 saturated heterocycles. The van der Waals surface area contributed by atoms with Gasteiger partial charge in [-0.15, -0.1) is 5.79 Å². The first-order valence-corrected chi connectivity index (χ1v) is 7.10. The van der Waals surface area contributed by atoms with Crippen LogP contribution in [0.2, 0.25) is 11.1 Å². The fourth-order valence-corrected chi connectivity index (χ4v) is 3.27. The van der Waals surface area contributed by atoms with Crippen molar-refractivity contribution in [2.75, 3.05) is 6.61 Å². The molecular formula is C8H17AlO. The van der Waals surface area contributed by atoms with E-state index in [1.54, 1.807) is 0 Å². The van der Waals surface area contributed by atoms with Gasteiger partial charge in [-0.2, -0.15) is 0 Å². The largest absolute Gasteiger partial charge is 0.393 e. The van der Waals surface area contributed by atoms with Gasteiger partial charge in [0.15, 0.2) is 0 Å². The van der Waals surface area contributed by atoms with Crippen molar-refractivity contribution in [2.24, 2.45) is 0 Å². The van der Waals surface area contributed by atoms with Gasteiger partial charge < -0.3 is 4.74 Å². The van der Waals surface area contributed by atoms with Crippen molar-refractivity contribution < 1.29 is 4.74 Å². The smallest absolute Gasteiger partial charge is 0.302 e. The molecule has 1 fully saturated rings. The highest BCUT2D eigenvalue weighted by Gasteiger charge is 2.23. The summed E-state index contributed by atoms with van der Waals surface area (Å²) in [6, 6.07) is 0. The minimum absolute atomic E-state index is 0.485. The van der Waals surface area contributed by atoms with Gasteiger partial charge in [0.05, 0.1) is 0 Å². The first-order chi connectivity index (χ1) is 4.84. The number of hydrogen-bond acceptors (Lipinski definition) is 1. The molecular weight excluding hydrogens is 139 g/mol. The Morgan fingerprint density at radius 3 is 2.80 bits per heavy atom. The Labute approximate surface area is 68.2 Å². The van der Waals surface area contributed by atoms with Crippen molar-refractivity contribution in [1.29, 1.82) is 0 Å². The second kappa shape index (κ2) is 4.39. The molecule has 0 N–H and O–H groups in total. The van der Waals surface area contributed by atoms with E-state index in [4.69, 9.17) is 4.74 Å². The zero-order chi connectivity index (χ0) is 7.40. The molecule has 1 aliphatic heterocycles. The molecule has 1 heterocycles. The fraction of sp³-hybridized carbons (Fsp3) is 1.00. The molecule has 1 atom stereocenters. The van der Waals surface area contributed by atoms with Gasteiger partial charge >= 0.3 is 14.1 Å². The number of ether oxygens (including phenoxy) is 1. The summed E-state index contributed by atoms with van der Waals surface area (Å²) in [5, 5.41) is 1.39. The molecule has 0 aliphatic carbocycles. The summed E-state index contributed by atoms with van der Waals surface area (Å²) in [5.41, 5.74) is 0. The third kappa shape index (κ3) is 2.27. The van der Waals surface area contributed by atoms with Crippen molar-refractivity contribution in [3.05, 3.63) is 0 Å². The van der Waals surface area contributed by atoms with E-state index in [-0.39, 0.29) is 0 Å². The maximum absolute atomic E-state index is 5.69. The van der Waals surface area contributed by atoms with Crippen LogP contribution in [0, 0.1) is 0 Å². The third-order valence-electron chi connectivity index (χ3n) is 2.49. The molecule has 10 heavy (non-hydrogen) atoms. The summed E-state index contributed by atoms with van der Waals surface area (Å²) >= 11 is -0.485. The highest BCUT2D eigenvalue weighted by atomic mass is 27.2. The van der Waals surface area contributed by atoms with Gasteiger partial charge in [-0.1, -0.05) is 12.2 Å². The van der Waals surface area contributed by atoms with Gasteiger partial charge in [0, 0.05) is 11.6 Å². The van der Waals surface area contributed by atoms with Gasteiger partial charge in [-0.25, -0.2) is 0 Å². The normalized spacial score (nSPS) is 26.4. The lowest BCUT2D eigenvalue weighted by Gasteiger charge is -2.24. The average Bonchev–Trinajstić information content (AvgIpc) is 2.05. The van der Waals surface area contributed by atoms with Crippen LogP contribution >= 0.6 is 0 Å². The van der Waals surface area contributed by atoms with Crippen LogP contribution in [0.15, 0.2) is 0 Å². The quantitative estimate of drug-likeness (QED) is 0.557. The van der Waals surface area contributed by atoms with Crippen LogP contribution in [0.4, 0.5) is 0 Å². The van der Waals surface area contributed by atoms with Crippen LogP contribution in [0.3, 0.4) is 0 Å². The lowest BCUT2D eigenvalue weighted by Crippen LogP contribution is -2.32. The van der Waals surface area contributed by atoms with Gasteiger partial charge in [-0.3, -0.25) is 0 Å². The average molecular weight is 156 g/mol. The van der Waals surface area contributed by atoms with Crippen LogP contribution in [0.1, 0.15) is 26.2 Å². The summed E-state index contributed by atoms with van der Waals surface area (Å²) in [4.78, 5) is 0.707. The minimum atomic E-state index is -0.485. The predicted octanol–water partition coefficient (Wildman–Crippen LogP) is 2.24. The Kier molecular flexibility index (Phi) is 3.77. The van der Waals surface area contributed by atoms with E-state index < -0.39 is 14.1 Å². The Balaban J connectivity index is 2.24. The maximum Gasteiger partial charge on any atom is 0.302 e. The zero-order valence-electron chi connectivity index (χ0n) is 7.10. The van der Waals surface area contributed by atoms with Gasteiger partial charge in [0.2, 0.25) is 0 Å². The molecule has 1 aliphatic rings. The van der Waals surface area contributed by atoms with E-state index in [2.05, 4.69) is 12.7 Å². The zero-order valence-corrected chi connectivity index (χ0v) is 8.25. The van der Waals surface area contributed by atoms with E-state index in [9.17, 15) is 0 Å². The molecule has 0 aromatic heterocycles. The first-order valence-electron chi connectivity index (χ1n) is 4.46. The molecule has 2 heteroatoms. The van der Waals surface area contributed by atoms with Gasteiger partial charge in [-0.05, 0) is 19.3 Å². The highest BCUT2D eigenvalue weighted by Crippen LogP contribution is 2.16. The SMILES string of the molecule is C[CH2][Al]([CH3])[CH]1CCCCO1. The molecule has 0 radical (unpaired) electrons. The molecule has 0 aromatic rings. The third-order valence-corrected chi connectivity index (χ3v) is 5.58. The monoisotopic (exact) mass is 156 g/mol. The van der Waals surface area contributed by atoms with Crippen LogP contribution in [-0.2, 0) is 4.74 Å². The van der Waals surface area contributed by atoms with Gasteiger partial charge in [0.25, 0.3) is 0 Å². The van der Waals surface area contributed by atoms with Crippen molar-refractivity contribution in [2.45, 2.75) is 42.2 Å². The van der Waals surface area contributed by atoms with Crippen molar-refractivity contribution in [3.63, 3.8) is 0 Å². The molecule has 0 aromatic carbocycles. The summed E-state index contributed by atoms with van der Waals surface area (Å²) in [5.74, 6) is 2.43. The van der Waals surface area contributed by atoms with E-state index in [0.29, 0.717) is 4.97 Å². The second-order valence-electron chi connectivity index (χ2n) is 3.29. The summed E-state index contributed by atoms with van der Waals surface area (Å²) in [6.45, 7) is 3.33. The molecule has 0 amide bonds. The van der Waals surface area contributed by atoms with E-state index in [0.717, 1.165) is 6.61 Å². The standard InChI is InChI=1S/C5H9O.C2H5.CH3.Al/c1-2-4-6-5-3-1;1-2;;/h4H,1-3,5H2;1H2,2H3;1H3;. The van der Waals surface area contributed by atoms with Crippen LogP contribution in [-0.4, -0.2) is 25.7 Å². The summed E-state index contributed by atoms with van der Waals surface area (Å²) in [6.07, 6.45) is 4.05. The maximum atomic E-state index is 5.69. The van der Waals surface area contributed by atoms with E-state index in [1.165, 1.54) is 24.5 Å². The van der Waals surface area contributed by atoms with Crippen LogP contribution < -0.4 is 0 Å². The summed E-state index contributed by atoms with van der Waals surface area (Å²) < 4.78 is 5.69. The predicted molar refractivity (Wildman–Crippen MR) is 45.7 cm³/mol. The van der Waals surface area contributed by atoms with E-state index in [1.807, 2.05) is 0 Å². The molecule has 1 nitrogen and oxygen atoms in total. The lowest BCUT2D eigenvalue weighted by atomic mass is 10.2. The minimum Gasteiger partial charge on any atom is -0.393 e. The van der Waals surface area contributed by atoms with E-state index >= 15 is 0 Å². The molecule has 0 spiro atoms.